The van der Waals surface area contributed by atoms with Crippen molar-refractivity contribution in [2.75, 3.05) is 0 Å². The number of carbonyl (C=O) groups is 2. The van der Waals surface area contributed by atoms with Gasteiger partial charge in [-0.15, -0.1) is 0 Å². The number of hydrogen-bond acceptors (Lipinski definition) is 4. The molecule has 38 heavy (non-hydrogen) atoms. The Hall–Kier alpha value is -3.52. The van der Waals surface area contributed by atoms with Gasteiger partial charge in [-0.05, 0) is 56.4 Å². The van der Waals surface area contributed by atoms with E-state index in [4.69, 9.17) is 11.5 Å². The van der Waals surface area contributed by atoms with Crippen molar-refractivity contribution in [3.05, 3.63) is 59.4 Å². The Balaban J connectivity index is 2.02. The predicted molar refractivity (Wildman–Crippen MR) is 130 cm³/mol. The van der Waals surface area contributed by atoms with Crippen LogP contribution in [0.4, 0.5) is 22.0 Å². The van der Waals surface area contributed by atoms with Gasteiger partial charge >= 0.3 is 6.18 Å². The molecule has 0 heterocycles. The maximum absolute atomic E-state index is 14.8. The summed E-state index contributed by atoms with van der Waals surface area (Å²) in [5.41, 5.74) is 7.77. The average Bonchev–Trinajstić information content (AvgIpc) is 3.61. The molecule has 11 heteroatoms. The molecule has 1 aliphatic carbocycles. The number of amides is 2. The van der Waals surface area contributed by atoms with E-state index in [0.717, 1.165) is 32.0 Å². The molecule has 4 N–H and O–H groups in total. The summed E-state index contributed by atoms with van der Waals surface area (Å²) in [6.07, 6.45) is -5.48. The molecule has 0 unspecified atom stereocenters. The molecule has 2 amide bonds. The highest BCUT2D eigenvalue weighted by Crippen LogP contribution is 2.50. The molecule has 3 atom stereocenters. The number of nitriles is 1. The number of alkyl halides is 4. The summed E-state index contributed by atoms with van der Waals surface area (Å²) >= 11 is 0. The molecular weight excluding hydrogens is 507 g/mol. The lowest BCUT2D eigenvalue weighted by Crippen LogP contribution is -2.55. The van der Waals surface area contributed by atoms with Crippen molar-refractivity contribution in [1.29, 1.82) is 5.26 Å². The zero-order valence-electron chi connectivity index (χ0n) is 21.2. The van der Waals surface area contributed by atoms with Crippen LogP contribution in [0.25, 0.3) is 11.1 Å². The van der Waals surface area contributed by atoms with Crippen molar-refractivity contribution in [2.45, 2.75) is 75.4 Å². The van der Waals surface area contributed by atoms with E-state index in [-0.39, 0.29) is 29.5 Å². The lowest BCUT2D eigenvalue weighted by atomic mass is 9.94. The number of hydrogen-bond donors (Lipinski definition) is 2. The second kappa shape index (κ2) is 10.3. The van der Waals surface area contributed by atoms with Crippen LogP contribution < -0.4 is 11.5 Å². The monoisotopic (exact) mass is 536 g/mol. The summed E-state index contributed by atoms with van der Waals surface area (Å²) < 4.78 is 72.4. The van der Waals surface area contributed by atoms with E-state index >= 15 is 0 Å². The van der Waals surface area contributed by atoms with E-state index in [1.165, 1.54) is 31.2 Å². The highest BCUT2D eigenvalue weighted by atomic mass is 19.4. The SMILES string of the molecule is C[C@H](C(N)=O)c1ccc(-c2ccc([C@H](N(C(=O)[C@@H](N)CC(C)(C)F)C3(C#N)CC3)C(F)(F)F)cc2)c(F)c1. The lowest BCUT2D eigenvalue weighted by Gasteiger charge is -2.38. The molecule has 1 fully saturated rings. The second-order valence-electron chi connectivity index (χ2n) is 10.3. The van der Waals surface area contributed by atoms with Crippen molar-refractivity contribution in [2.24, 2.45) is 11.5 Å². The molecule has 0 saturated heterocycles. The van der Waals surface area contributed by atoms with E-state index in [0.29, 0.717) is 10.5 Å². The molecule has 1 aliphatic rings. The fourth-order valence-corrected chi connectivity index (χ4v) is 4.43. The number of carbonyl (C=O) groups excluding carboxylic acids is 2. The lowest BCUT2D eigenvalue weighted by molar-refractivity contribution is -0.198. The smallest absolute Gasteiger partial charge is 0.369 e. The first-order chi connectivity index (χ1) is 17.5. The first-order valence-corrected chi connectivity index (χ1v) is 12.0. The van der Waals surface area contributed by atoms with Crippen LogP contribution in [0.1, 0.15) is 63.1 Å². The second-order valence-corrected chi connectivity index (χ2v) is 10.3. The molecule has 0 radical (unpaired) electrons. The maximum Gasteiger partial charge on any atom is 0.413 e. The van der Waals surface area contributed by atoms with Gasteiger partial charge in [0, 0.05) is 12.0 Å². The summed E-state index contributed by atoms with van der Waals surface area (Å²) in [5.74, 6) is -3.25. The van der Waals surface area contributed by atoms with Crippen LogP contribution in [0.3, 0.4) is 0 Å². The number of rotatable bonds is 9. The number of nitrogens with zero attached hydrogens (tertiary/aromatic N) is 2. The van der Waals surface area contributed by atoms with Crippen molar-refractivity contribution in [3.8, 4) is 17.2 Å². The number of primary amides is 1. The number of benzene rings is 2. The molecule has 0 bridgehead atoms. The molecule has 204 valence electrons. The fraction of sp³-hybridized carbons (Fsp3) is 0.444. The van der Waals surface area contributed by atoms with Gasteiger partial charge in [0.2, 0.25) is 11.8 Å². The van der Waals surface area contributed by atoms with Gasteiger partial charge in [0.1, 0.15) is 17.0 Å². The summed E-state index contributed by atoms with van der Waals surface area (Å²) in [4.78, 5) is 25.0. The fourth-order valence-electron chi connectivity index (χ4n) is 4.43. The van der Waals surface area contributed by atoms with E-state index < -0.39 is 59.4 Å². The van der Waals surface area contributed by atoms with Gasteiger partial charge in [0.15, 0.2) is 6.04 Å². The van der Waals surface area contributed by atoms with Crippen LogP contribution in [0.2, 0.25) is 0 Å². The van der Waals surface area contributed by atoms with Gasteiger partial charge in [-0.25, -0.2) is 8.78 Å². The van der Waals surface area contributed by atoms with Gasteiger partial charge in [0.25, 0.3) is 0 Å². The molecule has 1 saturated carbocycles. The van der Waals surface area contributed by atoms with Crippen LogP contribution in [-0.4, -0.2) is 40.1 Å². The molecule has 0 spiro atoms. The molecule has 0 aromatic heterocycles. The average molecular weight is 537 g/mol. The van der Waals surface area contributed by atoms with Crippen LogP contribution in [-0.2, 0) is 9.59 Å². The highest BCUT2D eigenvalue weighted by Gasteiger charge is 2.60. The molecule has 0 aliphatic heterocycles. The Labute approximate surface area is 217 Å². The van der Waals surface area contributed by atoms with Crippen molar-refractivity contribution >= 4 is 11.8 Å². The Bertz CT molecular complexity index is 1240. The quantitative estimate of drug-likeness (QED) is 0.438. The molecule has 2 aromatic rings. The Morgan fingerprint density at radius 1 is 1.08 bits per heavy atom. The third kappa shape index (κ3) is 6.13. The molecular formula is C27H29F5N4O2. The minimum atomic E-state index is -4.99. The maximum atomic E-state index is 14.8. The minimum Gasteiger partial charge on any atom is -0.369 e. The molecule has 6 nitrogen and oxygen atoms in total. The summed E-state index contributed by atoms with van der Waals surface area (Å²) in [7, 11) is 0. The van der Waals surface area contributed by atoms with E-state index in [2.05, 4.69) is 0 Å². The van der Waals surface area contributed by atoms with Gasteiger partial charge in [-0.2, -0.15) is 18.4 Å². The first-order valence-electron chi connectivity index (χ1n) is 12.0. The van der Waals surface area contributed by atoms with Gasteiger partial charge in [-0.3, -0.25) is 9.59 Å². The van der Waals surface area contributed by atoms with Crippen molar-refractivity contribution in [1.82, 2.24) is 4.90 Å². The summed E-state index contributed by atoms with van der Waals surface area (Å²) in [6.45, 7) is 3.83. The van der Waals surface area contributed by atoms with Gasteiger partial charge in [-0.1, -0.05) is 36.4 Å². The van der Waals surface area contributed by atoms with Crippen LogP contribution in [0, 0.1) is 17.1 Å². The standard InChI is InChI=1S/C27H29F5N4O2/c1-15(23(35)37)18-8-9-19(20(28)12-18)16-4-6-17(7-5-16)22(27(30,31)32)36(26(14-33)10-11-26)24(38)21(34)13-25(2,3)29/h4-9,12,15,21-22H,10-11,13,34H2,1-3H3,(H2,35,37)/t15-,21-,22-/m0/s1. The van der Waals surface area contributed by atoms with Gasteiger partial charge < -0.3 is 16.4 Å². The van der Waals surface area contributed by atoms with Crippen molar-refractivity contribution in [3.63, 3.8) is 0 Å². The van der Waals surface area contributed by atoms with Crippen molar-refractivity contribution < 1.29 is 31.5 Å². The number of halogens is 5. The Morgan fingerprint density at radius 3 is 2.05 bits per heavy atom. The first kappa shape index (κ1) is 29.0. The largest absolute Gasteiger partial charge is 0.413 e. The topological polar surface area (TPSA) is 113 Å². The summed E-state index contributed by atoms with van der Waals surface area (Å²) in [6, 6.07) is 6.45. The third-order valence-corrected chi connectivity index (χ3v) is 6.68. The molecule has 2 aromatic carbocycles. The third-order valence-electron chi connectivity index (χ3n) is 6.68. The van der Waals surface area contributed by atoms with Gasteiger partial charge in [0.05, 0.1) is 18.0 Å². The van der Waals surface area contributed by atoms with E-state index in [9.17, 15) is 36.8 Å². The Kier molecular flexibility index (Phi) is 7.89. The molecule has 3 rings (SSSR count). The minimum absolute atomic E-state index is 0.0208. The Morgan fingerprint density at radius 2 is 1.63 bits per heavy atom. The van der Waals surface area contributed by atoms with E-state index in [1.54, 1.807) is 0 Å². The normalized spacial score (nSPS) is 17.2. The van der Waals surface area contributed by atoms with Crippen LogP contribution >= 0.6 is 0 Å². The van der Waals surface area contributed by atoms with Crippen LogP contribution in [0.5, 0.6) is 0 Å². The summed E-state index contributed by atoms with van der Waals surface area (Å²) in [5, 5.41) is 9.67. The predicted octanol–water partition coefficient (Wildman–Crippen LogP) is 5.04. The van der Waals surface area contributed by atoms with Crippen LogP contribution in [0.15, 0.2) is 42.5 Å². The van der Waals surface area contributed by atoms with E-state index in [1.807, 2.05) is 6.07 Å². The zero-order valence-corrected chi connectivity index (χ0v) is 21.2. The number of nitrogens with two attached hydrogens (primary N) is 2. The highest BCUT2D eigenvalue weighted by molar-refractivity contribution is 5.84. The zero-order chi connectivity index (χ0) is 28.6.